The van der Waals surface area contributed by atoms with Gasteiger partial charge in [0, 0.05) is 0 Å². The first-order chi connectivity index (χ1) is 5.97. The van der Waals surface area contributed by atoms with E-state index in [9.17, 15) is 0 Å². The van der Waals surface area contributed by atoms with Crippen molar-refractivity contribution in [2.24, 2.45) is 5.92 Å². The Bertz CT molecular complexity index is 114. The van der Waals surface area contributed by atoms with E-state index in [1.165, 1.54) is 64.2 Å². The molecule has 0 spiro atoms. The second-order valence-corrected chi connectivity index (χ2v) is 4.55. The van der Waals surface area contributed by atoms with Crippen LogP contribution in [0.3, 0.4) is 0 Å². The van der Waals surface area contributed by atoms with Gasteiger partial charge in [-0.3, -0.25) is 0 Å². The third-order valence-electron chi connectivity index (χ3n) is 3.68. The Balaban J connectivity index is 1.87. The van der Waals surface area contributed by atoms with Crippen LogP contribution < -0.4 is 0 Å². The SMILES string of the molecule is C1CCC[C]2CCCC2CCC1. The van der Waals surface area contributed by atoms with Gasteiger partial charge in [0.15, 0.2) is 0 Å². The lowest BCUT2D eigenvalue weighted by Crippen LogP contribution is -2.04. The van der Waals surface area contributed by atoms with Gasteiger partial charge in [0.05, 0.1) is 0 Å². The molecule has 0 heterocycles. The molecular formula is C12H21. The minimum absolute atomic E-state index is 1.06. The summed E-state index contributed by atoms with van der Waals surface area (Å²) in [6, 6.07) is 0. The molecule has 1 unspecified atom stereocenters. The molecule has 69 valence electrons. The Morgan fingerprint density at radius 3 is 2.33 bits per heavy atom. The summed E-state index contributed by atoms with van der Waals surface area (Å²) < 4.78 is 0. The summed E-state index contributed by atoms with van der Waals surface area (Å²) in [6.07, 6.45) is 15.0. The lowest BCUT2D eigenvalue weighted by Gasteiger charge is -2.16. The molecule has 0 aliphatic heterocycles. The van der Waals surface area contributed by atoms with Crippen molar-refractivity contribution >= 4 is 0 Å². The molecule has 2 aliphatic carbocycles. The molecule has 2 aliphatic rings. The normalized spacial score (nSPS) is 33.5. The van der Waals surface area contributed by atoms with Gasteiger partial charge in [0.1, 0.15) is 0 Å². The van der Waals surface area contributed by atoms with E-state index in [0.29, 0.717) is 0 Å². The zero-order valence-corrected chi connectivity index (χ0v) is 8.15. The first-order valence-corrected chi connectivity index (χ1v) is 5.81. The quantitative estimate of drug-likeness (QED) is 0.507. The molecule has 0 nitrogen and oxygen atoms in total. The Hall–Kier alpha value is 0. The smallest absolute Gasteiger partial charge is 0.0210 e. The highest BCUT2D eigenvalue weighted by molar-refractivity contribution is 5.01. The van der Waals surface area contributed by atoms with E-state index < -0.39 is 0 Å². The molecule has 2 fully saturated rings. The molecule has 2 saturated carbocycles. The third-order valence-corrected chi connectivity index (χ3v) is 3.68. The van der Waals surface area contributed by atoms with Gasteiger partial charge < -0.3 is 0 Å². The number of fused-ring (bicyclic) bond motifs is 1. The highest BCUT2D eigenvalue weighted by atomic mass is 14.3. The lowest BCUT2D eigenvalue weighted by molar-refractivity contribution is 0.489. The number of rotatable bonds is 0. The molecule has 0 aromatic carbocycles. The summed E-state index contributed by atoms with van der Waals surface area (Å²) in [6.45, 7) is 0. The van der Waals surface area contributed by atoms with Crippen LogP contribution in [0.15, 0.2) is 0 Å². The Morgan fingerprint density at radius 1 is 0.667 bits per heavy atom. The molecule has 2 rings (SSSR count). The summed E-state index contributed by atoms with van der Waals surface area (Å²) in [4.78, 5) is 0. The van der Waals surface area contributed by atoms with Crippen molar-refractivity contribution in [3.63, 3.8) is 0 Å². The second kappa shape index (κ2) is 4.30. The topological polar surface area (TPSA) is 0 Å². The van der Waals surface area contributed by atoms with Crippen LogP contribution in [0.25, 0.3) is 0 Å². The Morgan fingerprint density at radius 2 is 1.33 bits per heavy atom. The number of hydrogen-bond donors (Lipinski definition) is 0. The second-order valence-electron chi connectivity index (χ2n) is 4.55. The fourth-order valence-corrected chi connectivity index (χ4v) is 2.93. The van der Waals surface area contributed by atoms with Crippen molar-refractivity contribution in [3.05, 3.63) is 5.92 Å². The third kappa shape index (κ3) is 2.02. The zero-order valence-electron chi connectivity index (χ0n) is 8.15. The molecule has 0 saturated heterocycles. The number of hydrogen-bond acceptors (Lipinski definition) is 0. The van der Waals surface area contributed by atoms with Crippen molar-refractivity contribution < 1.29 is 0 Å². The molecule has 1 radical (unpaired) electrons. The first kappa shape index (κ1) is 8.59. The highest BCUT2D eigenvalue weighted by Crippen LogP contribution is 2.41. The molecule has 1 atom stereocenters. The van der Waals surface area contributed by atoms with E-state index in [1.807, 2.05) is 5.92 Å². The molecule has 0 aromatic rings. The van der Waals surface area contributed by atoms with Crippen LogP contribution in [0.5, 0.6) is 0 Å². The van der Waals surface area contributed by atoms with Crippen LogP contribution in [0.2, 0.25) is 0 Å². The maximum atomic E-state index is 1.94. The molecule has 0 heteroatoms. The molecule has 12 heavy (non-hydrogen) atoms. The maximum Gasteiger partial charge on any atom is -0.0210 e. The standard InChI is InChI=1S/C12H21/c1-2-4-7-11-9-6-10-12(11)8-5-3-1/h11H,1-10H2. The molecule has 0 aromatic heterocycles. The van der Waals surface area contributed by atoms with E-state index in [1.54, 1.807) is 0 Å². The average molecular weight is 165 g/mol. The summed E-state index contributed by atoms with van der Waals surface area (Å²) >= 11 is 0. The van der Waals surface area contributed by atoms with Gasteiger partial charge in [-0.25, -0.2) is 0 Å². The fourth-order valence-electron chi connectivity index (χ4n) is 2.93. The van der Waals surface area contributed by atoms with E-state index in [4.69, 9.17) is 0 Å². The monoisotopic (exact) mass is 165 g/mol. The van der Waals surface area contributed by atoms with Crippen molar-refractivity contribution in [2.45, 2.75) is 64.2 Å². The molecular weight excluding hydrogens is 144 g/mol. The van der Waals surface area contributed by atoms with Crippen LogP contribution in [0, 0.1) is 11.8 Å². The molecule has 0 N–H and O–H groups in total. The minimum atomic E-state index is 1.06. The van der Waals surface area contributed by atoms with Crippen LogP contribution in [-0.4, -0.2) is 0 Å². The van der Waals surface area contributed by atoms with Gasteiger partial charge in [-0.05, 0) is 37.5 Å². The molecule has 0 bridgehead atoms. The van der Waals surface area contributed by atoms with Gasteiger partial charge in [-0.2, -0.15) is 0 Å². The zero-order chi connectivity index (χ0) is 8.23. The van der Waals surface area contributed by atoms with Gasteiger partial charge in [0.25, 0.3) is 0 Å². The van der Waals surface area contributed by atoms with Crippen LogP contribution in [0.4, 0.5) is 0 Å². The van der Waals surface area contributed by atoms with Crippen LogP contribution in [-0.2, 0) is 0 Å². The van der Waals surface area contributed by atoms with Gasteiger partial charge in [0.2, 0.25) is 0 Å². The minimum Gasteiger partial charge on any atom is -0.0533 e. The summed E-state index contributed by atoms with van der Waals surface area (Å²) in [5.41, 5.74) is 0. The van der Waals surface area contributed by atoms with Crippen molar-refractivity contribution in [3.8, 4) is 0 Å². The van der Waals surface area contributed by atoms with Crippen molar-refractivity contribution in [1.82, 2.24) is 0 Å². The van der Waals surface area contributed by atoms with E-state index in [0.717, 1.165) is 5.92 Å². The van der Waals surface area contributed by atoms with Crippen molar-refractivity contribution in [2.75, 3.05) is 0 Å². The van der Waals surface area contributed by atoms with E-state index in [2.05, 4.69) is 0 Å². The van der Waals surface area contributed by atoms with Gasteiger partial charge in [-0.1, -0.05) is 38.5 Å². The van der Waals surface area contributed by atoms with E-state index in [-0.39, 0.29) is 0 Å². The van der Waals surface area contributed by atoms with E-state index >= 15 is 0 Å². The van der Waals surface area contributed by atoms with Gasteiger partial charge >= 0.3 is 0 Å². The Kier molecular flexibility index (Phi) is 3.08. The largest absolute Gasteiger partial charge is 0.0533 e. The maximum absolute atomic E-state index is 1.94. The summed E-state index contributed by atoms with van der Waals surface area (Å²) in [7, 11) is 0. The lowest BCUT2D eigenvalue weighted by atomic mass is 9.89. The fraction of sp³-hybridized carbons (Fsp3) is 0.917. The summed E-state index contributed by atoms with van der Waals surface area (Å²) in [5.74, 6) is 3.00. The first-order valence-electron chi connectivity index (χ1n) is 5.81. The van der Waals surface area contributed by atoms with Crippen LogP contribution in [0.1, 0.15) is 64.2 Å². The Labute approximate surface area is 76.7 Å². The predicted molar refractivity (Wildman–Crippen MR) is 52.9 cm³/mol. The highest BCUT2D eigenvalue weighted by Gasteiger charge is 2.26. The summed E-state index contributed by atoms with van der Waals surface area (Å²) in [5, 5.41) is 0. The van der Waals surface area contributed by atoms with Crippen molar-refractivity contribution in [1.29, 1.82) is 0 Å². The van der Waals surface area contributed by atoms with Crippen LogP contribution >= 0.6 is 0 Å². The molecule has 0 amide bonds. The van der Waals surface area contributed by atoms with Gasteiger partial charge in [-0.15, -0.1) is 0 Å². The predicted octanol–water partition coefficient (Wildman–Crippen LogP) is 4.11. The average Bonchev–Trinajstić information content (AvgIpc) is 2.50.